The van der Waals surface area contributed by atoms with Crippen molar-refractivity contribution in [1.82, 2.24) is 104 Å². The van der Waals surface area contributed by atoms with E-state index in [1.165, 1.54) is 26.9 Å². The molecule has 11 fully saturated rings. The first kappa shape index (κ1) is 120. The van der Waals surface area contributed by atoms with Crippen LogP contribution in [-0.2, 0) is 76.7 Å². The Morgan fingerprint density at radius 1 is 0.416 bits per heavy atom. The molecule has 0 radical (unpaired) electrons. The van der Waals surface area contributed by atoms with Crippen LogP contribution in [0.15, 0.2) is 25.3 Å². The molecule has 18 atom stereocenters. The fourth-order valence-corrected chi connectivity index (χ4v) is 22.0. The van der Waals surface area contributed by atoms with Crippen LogP contribution in [0.2, 0.25) is 0 Å². The van der Waals surface area contributed by atoms with E-state index in [1.807, 2.05) is 118 Å². The van der Waals surface area contributed by atoms with Gasteiger partial charge in [-0.15, -0.1) is 37.8 Å². The highest BCUT2D eigenvalue weighted by molar-refractivity contribution is 6.39. The summed E-state index contributed by atoms with van der Waals surface area (Å²) in [5, 5.41) is 38.2. The van der Waals surface area contributed by atoms with Gasteiger partial charge in [0.15, 0.2) is 0 Å². The molecule has 6 saturated heterocycles. The van der Waals surface area contributed by atoms with Gasteiger partial charge in [0.1, 0.15) is 36.3 Å². The van der Waals surface area contributed by atoms with Crippen molar-refractivity contribution in [1.29, 1.82) is 0 Å². The predicted octanol–water partition coefficient (Wildman–Crippen LogP) is 5.67. The molecule has 0 aromatic heterocycles. The van der Waals surface area contributed by atoms with E-state index in [0.717, 1.165) is 41.9 Å². The van der Waals surface area contributed by atoms with Gasteiger partial charge >= 0.3 is 30.2 Å². The van der Waals surface area contributed by atoms with Crippen molar-refractivity contribution in [2.24, 2.45) is 89.7 Å². The maximum atomic E-state index is 14.9. The van der Waals surface area contributed by atoms with E-state index in [4.69, 9.17) is 12.8 Å². The van der Waals surface area contributed by atoms with Gasteiger partial charge in [-0.3, -0.25) is 91.4 Å². The highest BCUT2D eigenvalue weighted by Gasteiger charge is 2.73. The number of nitrogens with zero attached hydrogens (tertiary/aromatic N) is 6. The Balaban J connectivity index is 0.000000249. The summed E-state index contributed by atoms with van der Waals surface area (Å²) in [4.78, 5) is 286. The van der Waals surface area contributed by atoms with E-state index in [0.29, 0.717) is 32.2 Å². The Hall–Kier alpha value is -12.3. The molecule has 149 heavy (non-hydrogen) atoms. The summed E-state index contributed by atoms with van der Waals surface area (Å²) in [5.74, 6) is -4.66. The third-order valence-corrected chi connectivity index (χ3v) is 32.2. The van der Waals surface area contributed by atoms with Crippen molar-refractivity contribution >= 4 is 124 Å². The number of rotatable bonds is 39. The molecule has 41 nitrogen and oxygen atoms in total. The van der Waals surface area contributed by atoms with E-state index in [1.54, 1.807) is 46.4 Å². The van der Waals surface area contributed by atoms with Gasteiger partial charge in [-0.2, -0.15) is 0 Å². The smallest absolute Gasteiger partial charge is 0.324 e. The van der Waals surface area contributed by atoms with Crippen molar-refractivity contribution in [3.63, 3.8) is 0 Å². The number of ketones is 3. The van der Waals surface area contributed by atoms with Gasteiger partial charge in [0.05, 0.1) is 62.4 Å². The highest BCUT2D eigenvalue weighted by atomic mass is 16.2. The number of nitrogens with one attached hydrogen (secondary N) is 14. The van der Waals surface area contributed by atoms with Crippen LogP contribution in [0.4, 0.5) is 24.0 Å². The molecule has 0 bridgehead atoms. The molecular formula is C108H166N20O21. The van der Waals surface area contributed by atoms with Gasteiger partial charge in [-0.25, -0.2) is 24.0 Å². The summed E-state index contributed by atoms with van der Waals surface area (Å²) in [7, 11) is 0. The number of terminal acetylenes is 2. The summed E-state index contributed by atoms with van der Waals surface area (Å²) in [6.07, 6.45) is 21.3. The third-order valence-electron chi connectivity index (χ3n) is 32.2. The Morgan fingerprint density at radius 3 is 1.04 bits per heavy atom. The minimum atomic E-state index is -1.20. The first-order valence-electron chi connectivity index (χ1n) is 52.5. The summed E-state index contributed by atoms with van der Waals surface area (Å²) in [6, 6.07) is -14.2. The second-order valence-corrected chi connectivity index (χ2v) is 50.6. The Morgan fingerprint density at radius 2 is 0.738 bits per heavy atom. The monoisotopic (exact) mass is 2080 g/mol. The molecule has 0 aromatic carbocycles. The molecule has 11 aliphatic rings. The Labute approximate surface area is 877 Å². The number of urea groups is 5. The number of likely N-dealkylation sites (tertiary alicyclic amines) is 4. The number of carbonyl (C=O) groups excluding carboxylic acids is 21. The molecule has 3 unspecified atom stereocenters. The number of imide groups is 3. The molecule has 41 heteroatoms. The minimum Gasteiger partial charge on any atom is -0.347 e. The first-order valence-corrected chi connectivity index (χ1v) is 52.5. The number of hydrogen-bond acceptors (Lipinski definition) is 21. The molecule has 5 aliphatic carbocycles. The van der Waals surface area contributed by atoms with Gasteiger partial charge < -0.3 is 89.1 Å². The number of fused-ring (bicyclic) bond motifs is 3. The van der Waals surface area contributed by atoms with Crippen LogP contribution in [0.5, 0.6) is 0 Å². The fraction of sp³-hybridized carbons (Fsp3) is 0.731. The molecule has 824 valence electrons. The average molecular weight is 2080 g/mol. The zero-order chi connectivity index (χ0) is 112. The first-order chi connectivity index (χ1) is 68.9. The number of amides is 23. The van der Waals surface area contributed by atoms with Crippen molar-refractivity contribution in [2.45, 2.75) is 348 Å². The van der Waals surface area contributed by atoms with E-state index in [-0.39, 0.29) is 173 Å². The highest BCUT2D eigenvalue weighted by Crippen LogP contribution is 2.67. The van der Waals surface area contributed by atoms with Crippen LogP contribution in [0, 0.1) is 114 Å². The lowest BCUT2D eigenvalue weighted by atomic mass is 9.70. The summed E-state index contributed by atoms with van der Waals surface area (Å²) >= 11 is 0. The predicted molar refractivity (Wildman–Crippen MR) is 554 cm³/mol. The Bertz CT molecular complexity index is 5010. The van der Waals surface area contributed by atoms with Gasteiger partial charge in [-0.05, 0) is 135 Å². The van der Waals surface area contributed by atoms with Crippen molar-refractivity contribution in [3.8, 4) is 24.7 Å². The van der Waals surface area contributed by atoms with E-state index in [2.05, 4.69) is 113 Å². The molecule has 0 aromatic rings. The van der Waals surface area contributed by atoms with Crippen LogP contribution in [-0.4, -0.2) is 298 Å². The second-order valence-electron chi connectivity index (χ2n) is 50.6. The zero-order valence-electron chi connectivity index (χ0n) is 92.1. The lowest BCUT2D eigenvalue weighted by Crippen LogP contribution is -2.64. The van der Waals surface area contributed by atoms with Crippen LogP contribution in [0.1, 0.15) is 269 Å². The number of carbonyl (C=O) groups is 21. The standard InChI is InChI=1S/C40H64N6O7.2C34H51N7O7/c1-10-14-25(31(49)34(51)41-23-15-16-23)42-33(50)30-29-24(39(29,7)8)21-46(30)35(52)32(40(9)17-12-11-13-18-40)44-36(53)43-26(37(2,3)4)22-45-27(47)19-38(5,6)20-28(45)48;2*1-11-13-14-20(25(43)28(45)35-15-12-2)37-27(44)24-23-19(34(23,9)10)17-41(24)29(46)26(33(6,7)8)39-30(47)38-21(32(3,4)5)18-40-22(42)16-36-31(40)48/h23-26,29-30,32H,10-22H2,1-9H3,(H,41,51)(H,42,50)(H2,43,44,53);2*1,12,19-21,23-24,26H,2,13-18H2,3-10H3,(H,35,45)(H,36,48)(H,37,44)(H2,38,39,47)/t24-,25?,26+,29-,30-,32+;2*19-,20?,21+,23-,24-,26+/m000/s1. The maximum absolute atomic E-state index is 14.9. The normalized spacial score (nSPS) is 24.7. The van der Waals surface area contributed by atoms with Gasteiger partial charge in [0, 0.05) is 71.0 Å². The molecule has 14 N–H and O–H groups in total. The Kier molecular flexibility index (Phi) is 38.0. The summed E-state index contributed by atoms with van der Waals surface area (Å²) < 4.78 is 0. The van der Waals surface area contributed by atoms with Crippen LogP contribution in [0.3, 0.4) is 0 Å². The molecule has 11 rings (SSSR count). The molecule has 23 amide bonds. The largest absolute Gasteiger partial charge is 0.347 e. The van der Waals surface area contributed by atoms with E-state index >= 15 is 0 Å². The quantitative estimate of drug-likeness (QED) is 0.0116. The van der Waals surface area contributed by atoms with Crippen molar-refractivity contribution in [3.05, 3.63) is 25.3 Å². The molecule has 0 spiro atoms. The molecule has 6 heterocycles. The molecule has 5 saturated carbocycles. The molecular weight excluding hydrogens is 1910 g/mol. The number of Topliss-reactive ketones (excluding diaryl/α,β-unsaturated/α-hetero) is 3. The van der Waals surface area contributed by atoms with Crippen LogP contribution >= 0.6 is 0 Å². The van der Waals surface area contributed by atoms with E-state index < -0.39 is 217 Å². The average Bonchev–Trinajstić information content (AvgIpc) is 1.53. The minimum absolute atomic E-state index is 0.00372. The summed E-state index contributed by atoms with van der Waals surface area (Å²) in [6.45, 7) is 55.3. The van der Waals surface area contributed by atoms with Crippen LogP contribution < -0.4 is 74.4 Å². The molecule has 6 aliphatic heterocycles. The van der Waals surface area contributed by atoms with Gasteiger partial charge in [-0.1, -0.05) is 211 Å². The van der Waals surface area contributed by atoms with Gasteiger partial charge in [0.2, 0.25) is 76.4 Å². The number of piperidine rings is 4. The topological polar surface area (TPSA) is 546 Å². The lowest BCUT2D eigenvalue weighted by Gasteiger charge is -2.44. The fourth-order valence-electron chi connectivity index (χ4n) is 22.0. The maximum Gasteiger partial charge on any atom is 0.324 e. The van der Waals surface area contributed by atoms with Crippen molar-refractivity contribution in [2.75, 3.05) is 65.4 Å². The van der Waals surface area contributed by atoms with Gasteiger partial charge in [0.25, 0.3) is 17.7 Å². The number of hydrogen-bond donors (Lipinski definition) is 14. The SMILES string of the molecule is C#CCCC(NC(=O)[C@@H]1[C@@H]2[C@H](CN1C(=O)[C@@H](NC(=O)N[C@H](CN1C(=O)CNC1=O)C(C)(C)C)C(C)(C)C)C2(C)C)C(=O)C(=O)NCC=C.C#CCCC(NC(=O)[C@@H]1[C@@H]2[C@H](CN1C(=O)[C@@H](NC(=O)N[C@H](CN1C(=O)CNC1=O)C(C)(C)C)C(C)(C)C)C2(C)C)C(=O)C(=O)NCC=C.CCCC(NC(=O)[C@@H]1[C@@H]2[C@H](CN1C(=O)[C@@H](NC(=O)N[C@H](CN1C(=O)CC(C)(C)CC1=O)C(C)(C)C)C1(C)CCCCC1)C2(C)C)C(=O)C(=O)NC1CC1. The second kappa shape index (κ2) is 47.1. The zero-order valence-corrected chi connectivity index (χ0v) is 92.1. The third kappa shape index (κ3) is 28.9. The summed E-state index contributed by atoms with van der Waals surface area (Å²) in [5.41, 5.74) is -4.97. The van der Waals surface area contributed by atoms with E-state index in [9.17, 15) is 101 Å². The van der Waals surface area contributed by atoms with Crippen molar-refractivity contribution < 1.29 is 101 Å². The lowest BCUT2D eigenvalue weighted by molar-refractivity contribution is -0.153. The van der Waals surface area contributed by atoms with Crippen LogP contribution in [0.25, 0.3) is 0 Å².